The van der Waals surface area contributed by atoms with E-state index in [4.69, 9.17) is 21.7 Å². The zero-order chi connectivity index (χ0) is 25.7. The van der Waals surface area contributed by atoms with Crippen molar-refractivity contribution in [3.63, 3.8) is 0 Å². The van der Waals surface area contributed by atoms with Crippen LogP contribution in [-0.4, -0.2) is 22.2 Å². The largest absolute Gasteiger partial charge is 0.298 e. The number of hydrogen-bond donors (Lipinski definition) is 1. The Hall–Kier alpha value is -2.57. The highest BCUT2D eigenvalue weighted by atomic mass is 35.5. The van der Waals surface area contributed by atoms with E-state index in [2.05, 4.69) is 32.2 Å². The zero-order valence-corrected chi connectivity index (χ0v) is 23.1. The van der Waals surface area contributed by atoms with Crippen molar-refractivity contribution >= 4 is 40.1 Å². The molecule has 0 unspecified atom stereocenters. The molecule has 1 amide bonds. The summed E-state index contributed by atoms with van der Waals surface area (Å²) in [5.41, 5.74) is 3.52. The van der Waals surface area contributed by atoms with Gasteiger partial charge in [-0.3, -0.25) is 15.1 Å². The number of carbonyl (C=O) groups excluding carboxylic acids is 1. The van der Waals surface area contributed by atoms with Gasteiger partial charge in [-0.1, -0.05) is 92.2 Å². The lowest BCUT2D eigenvalue weighted by atomic mass is 9.58. The maximum Gasteiger partial charge on any atom is 0.276 e. The highest BCUT2D eigenvalue weighted by molar-refractivity contribution is 8.13. The van der Waals surface area contributed by atoms with Crippen molar-refractivity contribution in [2.45, 2.75) is 58.4 Å². The number of hydrogen-bond acceptors (Lipinski definition) is 5. The number of halogens is 1. The van der Waals surface area contributed by atoms with Crippen LogP contribution >= 0.6 is 23.4 Å². The number of rotatable bonds is 3. The minimum atomic E-state index is -0.207. The van der Waals surface area contributed by atoms with Crippen molar-refractivity contribution in [2.75, 3.05) is 0 Å². The lowest BCUT2D eigenvalue weighted by molar-refractivity contribution is -0.116. The molecule has 1 N–H and O–H groups in total. The third kappa shape index (κ3) is 4.52. The van der Waals surface area contributed by atoms with Crippen LogP contribution in [0.3, 0.4) is 0 Å². The molecule has 5 nitrogen and oxygen atoms in total. The Morgan fingerprint density at radius 3 is 2.78 bits per heavy atom. The molecule has 7 heteroatoms. The maximum absolute atomic E-state index is 13.6. The fourth-order valence-electron chi connectivity index (χ4n) is 6.54. The van der Waals surface area contributed by atoms with E-state index in [1.165, 1.54) is 24.6 Å². The molecule has 4 aliphatic rings. The molecule has 0 aromatic heterocycles. The average molecular weight is 533 g/mol. The molecule has 2 aliphatic heterocycles. The third-order valence-electron chi connectivity index (χ3n) is 8.63. The number of nitrogens with zero attached hydrogens (tertiary/aromatic N) is 3. The van der Waals surface area contributed by atoms with Gasteiger partial charge in [0.05, 0.1) is 5.36 Å². The lowest BCUT2D eigenvalue weighted by Gasteiger charge is -2.49. The third-order valence-corrected chi connectivity index (χ3v) is 9.91. The fourth-order valence-corrected chi connectivity index (χ4v) is 7.68. The van der Waals surface area contributed by atoms with Gasteiger partial charge >= 0.3 is 0 Å². The minimum Gasteiger partial charge on any atom is -0.298 e. The van der Waals surface area contributed by atoms with Gasteiger partial charge in [-0.2, -0.15) is 0 Å². The molecule has 4 atom stereocenters. The van der Waals surface area contributed by atoms with Gasteiger partial charge < -0.3 is 0 Å². The van der Waals surface area contributed by atoms with Crippen LogP contribution in [0.5, 0.6) is 0 Å². The van der Waals surface area contributed by atoms with Crippen LogP contribution in [-0.2, 0) is 10.5 Å². The monoisotopic (exact) mass is 532 g/mol. The molecular formula is C30H33ClN4OS. The van der Waals surface area contributed by atoms with Crippen molar-refractivity contribution in [1.29, 1.82) is 0 Å². The molecule has 0 spiro atoms. The molecule has 0 radical (unpaired) electrons. The van der Waals surface area contributed by atoms with Crippen molar-refractivity contribution in [3.05, 3.63) is 81.3 Å². The molecule has 1 saturated carbocycles. The standard InChI is InChI=1S/C30H33ClN4OS/c1-18-15-19-10-8-14-30(2,3)23(19)16-22(18)27-32-25-13-7-5-11-21(25)26-28(36)33-29(34-35(26)27)37-17-20-9-4-6-12-24(20)31/h4-7,9-13,18,22-23,27H,8,14-17H2,1-3H3,(H,33,34,36)/t18-,22-,23-,27+/m1/s1. The van der Waals surface area contributed by atoms with Gasteiger partial charge in [-0.05, 0) is 60.6 Å². The number of benzene rings is 2. The SMILES string of the molecule is C[C@@H]1CC2=CCCC(C)(C)[C@@H]2C[C@H]1[C@H]1N=c2ccccc2=C2C(=O)NC(SCc3ccccc3Cl)=NN21. The Labute approximate surface area is 227 Å². The number of amidine groups is 1. The number of para-hydroxylation sites is 1. The summed E-state index contributed by atoms with van der Waals surface area (Å²) in [6.07, 6.45) is 6.85. The predicted octanol–water partition coefficient (Wildman–Crippen LogP) is 5.45. The zero-order valence-electron chi connectivity index (χ0n) is 21.6. The number of fused-ring (bicyclic) bond motifs is 3. The first-order chi connectivity index (χ1) is 17.8. The minimum absolute atomic E-state index is 0.119. The normalized spacial score (nSPS) is 28.2. The van der Waals surface area contributed by atoms with Crippen molar-refractivity contribution in [1.82, 2.24) is 10.3 Å². The van der Waals surface area contributed by atoms with Gasteiger partial charge in [0.25, 0.3) is 5.91 Å². The van der Waals surface area contributed by atoms with Gasteiger partial charge in [-0.15, -0.1) is 5.10 Å². The molecule has 192 valence electrons. The van der Waals surface area contributed by atoms with Crippen LogP contribution < -0.4 is 15.9 Å². The number of allylic oxidation sites excluding steroid dienone is 2. The first-order valence-corrected chi connectivity index (χ1v) is 14.6. The van der Waals surface area contributed by atoms with E-state index in [9.17, 15) is 4.79 Å². The van der Waals surface area contributed by atoms with E-state index >= 15 is 0 Å². The summed E-state index contributed by atoms with van der Waals surface area (Å²) in [5.74, 6) is 1.81. The number of thioether (sulfide) groups is 1. The van der Waals surface area contributed by atoms with Crippen LogP contribution in [0.15, 0.2) is 70.3 Å². The molecule has 2 aliphatic carbocycles. The van der Waals surface area contributed by atoms with Gasteiger partial charge in [0.1, 0.15) is 11.9 Å². The lowest BCUT2D eigenvalue weighted by Crippen LogP contribution is -2.56. The Bertz CT molecular complexity index is 1430. The summed E-state index contributed by atoms with van der Waals surface area (Å²) >= 11 is 7.88. The molecule has 2 aromatic carbocycles. The van der Waals surface area contributed by atoms with Crippen LogP contribution in [0, 0.1) is 23.2 Å². The fraction of sp³-hybridized carbons (Fsp3) is 0.433. The van der Waals surface area contributed by atoms with Crippen LogP contribution in [0.1, 0.15) is 52.0 Å². The molecule has 0 saturated heterocycles. The molecule has 0 bridgehead atoms. The topological polar surface area (TPSA) is 57.1 Å². The Morgan fingerprint density at radius 1 is 1.16 bits per heavy atom. The summed E-state index contributed by atoms with van der Waals surface area (Å²) in [6, 6.07) is 15.8. The van der Waals surface area contributed by atoms with E-state index in [1.807, 2.05) is 53.5 Å². The van der Waals surface area contributed by atoms with Gasteiger partial charge in [0.15, 0.2) is 5.17 Å². The number of carbonyl (C=O) groups is 1. The summed E-state index contributed by atoms with van der Waals surface area (Å²) in [4.78, 5) is 18.8. The summed E-state index contributed by atoms with van der Waals surface area (Å²) < 4.78 is 0. The second kappa shape index (κ2) is 9.63. The average Bonchev–Trinajstić information content (AvgIpc) is 2.87. The smallest absolute Gasteiger partial charge is 0.276 e. The summed E-state index contributed by atoms with van der Waals surface area (Å²) in [6.45, 7) is 7.18. The van der Waals surface area contributed by atoms with Gasteiger partial charge in [0.2, 0.25) is 0 Å². The van der Waals surface area contributed by atoms with E-state index in [0.717, 1.165) is 34.0 Å². The molecule has 2 heterocycles. The van der Waals surface area contributed by atoms with Gasteiger partial charge in [-0.25, -0.2) is 5.01 Å². The second-order valence-electron chi connectivity index (χ2n) is 11.4. The van der Waals surface area contributed by atoms with Crippen LogP contribution in [0.25, 0.3) is 5.70 Å². The van der Waals surface area contributed by atoms with Crippen molar-refractivity contribution in [3.8, 4) is 0 Å². The van der Waals surface area contributed by atoms with Gasteiger partial charge in [0, 0.05) is 21.9 Å². The quantitative estimate of drug-likeness (QED) is 0.535. The summed E-state index contributed by atoms with van der Waals surface area (Å²) in [7, 11) is 0. The van der Waals surface area contributed by atoms with E-state index in [-0.39, 0.29) is 17.5 Å². The van der Waals surface area contributed by atoms with E-state index in [1.54, 1.807) is 5.57 Å². The van der Waals surface area contributed by atoms with Crippen molar-refractivity contribution < 1.29 is 4.79 Å². The van der Waals surface area contributed by atoms with Crippen LogP contribution in [0.2, 0.25) is 5.02 Å². The number of amides is 1. The second-order valence-corrected chi connectivity index (χ2v) is 12.8. The highest BCUT2D eigenvalue weighted by Crippen LogP contribution is 2.52. The number of nitrogens with one attached hydrogen (secondary N) is 1. The molecule has 1 fully saturated rings. The van der Waals surface area contributed by atoms with E-state index < -0.39 is 0 Å². The molecule has 2 aromatic rings. The first-order valence-electron chi connectivity index (χ1n) is 13.2. The maximum atomic E-state index is 13.6. The summed E-state index contributed by atoms with van der Waals surface area (Å²) in [5, 5.41) is 13.0. The Morgan fingerprint density at radius 2 is 1.95 bits per heavy atom. The first kappa shape index (κ1) is 24.7. The molecular weight excluding hydrogens is 500 g/mol. The molecule has 6 rings (SSSR count). The van der Waals surface area contributed by atoms with Crippen molar-refractivity contribution in [2.24, 2.45) is 33.3 Å². The predicted molar refractivity (Wildman–Crippen MR) is 151 cm³/mol. The van der Waals surface area contributed by atoms with E-state index in [0.29, 0.717) is 34.4 Å². The molecule has 37 heavy (non-hydrogen) atoms. The Balaban J connectivity index is 1.38. The highest BCUT2D eigenvalue weighted by Gasteiger charge is 2.46. The number of hydrazone groups is 1. The Kier molecular flexibility index (Phi) is 6.44. The van der Waals surface area contributed by atoms with Crippen LogP contribution in [0.4, 0.5) is 0 Å².